The Labute approximate surface area is 138 Å². The summed E-state index contributed by atoms with van der Waals surface area (Å²) in [6, 6.07) is -0.770. The van der Waals surface area contributed by atoms with Crippen molar-refractivity contribution in [1.29, 1.82) is 0 Å². The maximum atomic E-state index is 14.3. The normalized spacial score (nSPS) is 22.8. The molecule has 0 saturated heterocycles. The van der Waals surface area contributed by atoms with Crippen molar-refractivity contribution >= 4 is 23.3 Å². The summed E-state index contributed by atoms with van der Waals surface area (Å²) in [7, 11) is 0. The first-order chi connectivity index (χ1) is 11.2. The Morgan fingerprint density at radius 2 is 2.00 bits per heavy atom. The van der Waals surface area contributed by atoms with Crippen molar-refractivity contribution in [1.82, 2.24) is 5.32 Å². The number of hydrogen-bond acceptors (Lipinski definition) is 1. The van der Waals surface area contributed by atoms with Crippen molar-refractivity contribution in [3.8, 4) is 11.8 Å². The van der Waals surface area contributed by atoms with Gasteiger partial charge >= 0.3 is 12.2 Å². The van der Waals surface area contributed by atoms with Crippen LogP contribution < -0.4 is 10.6 Å². The average Bonchev–Trinajstić information content (AvgIpc) is 3.29. The Bertz CT molecular complexity index is 779. The first kappa shape index (κ1) is 16.8. The van der Waals surface area contributed by atoms with Crippen molar-refractivity contribution in [2.75, 3.05) is 5.32 Å². The lowest BCUT2D eigenvalue weighted by atomic mass is 9.85. The highest BCUT2D eigenvalue weighted by Crippen LogP contribution is 2.46. The van der Waals surface area contributed by atoms with Gasteiger partial charge in [-0.05, 0) is 18.9 Å². The van der Waals surface area contributed by atoms with Crippen LogP contribution in [0.15, 0.2) is 6.07 Å². The topological polar surface area (TPSA) is 41.1 Å². The number of benzene rings is 1. The van der Waals surface area contributed by atoms with Crippen molar-refractivity contribution in [3.05, 3.63) is 28.8 Å². The van der Waals surface area contributed by atoms with E-state index in [0.717, 1.165) is 0 Å². The van der Waals surface area contributed by atoms with Crippen LogP contribution in [0.2, 0.25) is 0 Å². The highest BCUT2D eigenvalue weighted by atomic mass is 35.5. The Kier molecular flexibility index (Phi) is 3.87. The zero-order valence-corrected chi connectivity index (χ0v) is 12.7. The predicted molar refractivity (Wildman–Crippen MR) is 76.3 cm³/mol. The maximum Gasteiger partial charge on any atom is 0.427 e. The first-order valence-corrected chi connectivity index (χ1v) is 7.49. The van der Waals surface area contributed by atoms with Crippen molar-refractivity contribution in [3.63, 3.8) is 0 Å². The number of fused-ring (bicyclic) bond motifs is 1. The molecule has 2 aliphatic rings. The van der Waals surface area contributed by atoms with E-state index in [1.807, 2.05) is 11.2 Å². The SMILES string of the molecule is O=C1Nc2c(cc(F)c(CCl)c2F)C(C#CC2CC2)(C(F)(F)F)N1. The van der Waals surface area contributed by atoms with E-state index in [9.17, 15) is 26.7 Å². The molecular formula is C15H10ClF5N2O. The van der Waals surface area contributed by atoms with Crippen LogP contribution in [0.1, 0.15) is 24.0 Å². The number of rotatable bonds is 1. The van der Waals surface area contributed by atoms with Gasteiger partial charge in [-0.2, -0.15) is 13.2 Å². The molecule has 1 saturated carbocycles. The van der Waals surface area contributed by atoms with Gasteiger partial charge in [0.05, 0.1) is 11.6 Å². The van der Waals surface area contributed by atoms with Crippen LogP contribution in [0.25, 0.3) is 0 Å². The number of alkyl halides is 4. The molecule has 0 radical (unpaired) electrons. The number of urea groups is 1. The Balaban J connectivity index is 2.30. The van der Waals surface area contributed by atoms with E-state index >= 15 is 0 Å². The second-order valence-corrected chi connectivity index (χ2v) is 5.84. The molecule has 1 atom stereocenters. The Hall–Kier alpha value is -2.01. The number of halogens is 6. The van der Waals surface area contributed by atoms with Gasteiger partial charge in [-0.25, -0.2) is 13.6 Å². The lowest BCUT2D eigenvalue weighted by molar-refractivity contribution is -0.178. The third-order valence-electron chi connectivity index (χ3n) is 3.86. The van der Waals surface area contributed by atoms with E-state index in [2.05, 4.69) is 5.92 Å². The summed E-state index contributed by atoms with van der Waals surface area (Å²) in [6.07, 6.45) is -3.79. The van der Waals surface area contributed by atoms with Crippen LogP contribution in [-0.2, 0) is 11.4 Å². The van der Waals surface area contributed by atoms with Gasteiger partial charge in [0, 0.05) is 17.0 Å². The minimum atomic E-state index is -5.08. The van der Waals surface area contributed by atoms with Crippen LogP contribution in [0.5, 0.6) is 0 Å². The lowest BCUT2D eigenvalue weighted by Gasteiger charge is -2.37. The van der Waals surface area contributed by atoms with E-state index in [-0.39, 0.29) is 5.92 Å². The molecule has 0 aromatic heterocycles. The number of nitrogens with one attached hydrogen (secondary N) is 2. The summed E-state index contributed by atoms with van der Waals surface area (Å²) < 4.78 is 69.6. The zero-order valence-electron chi connectivity index (χ0n) is 12.0. The van der Waals surface area contributed by atoms with Crippen molar-refractivity contribution in [2.45, 2.75) is 30.4 Å². The molecule has 0 spiro atoms. The summed E-state index contributed by atoms with van der Waals surface area (Å²) in [6.45, 7) is 0. The molecule has 1 aliphatic heterocycles. The molecule has 1 fully saturated rings. The largest absolute Gasteiger partial charge is 0.427 e. The second kappa shape index (κ2) is 5.52. The molecule has 9 heteroatoms. The third kappa shape index (κ3) is 2.57. The molecule has 1 heterocycles. The fraction of sp³-hybridized carbons (Fsp3) is 0.400. The zero-order chi connectivity index (χ0) is 17.7. The van der Waals surface area contributed by atoms with Gasteiger partial charge in [0.15, 0.2) is 5.82 Å². The summed E-state index contributed by atoms with van der Waals surface area (Å²) in [5.41, 5.74) is -5.39. The average molecular weight is 365 g/mol. The maximum absolute atomic E-state index is 14.3. The predicted octanol–water partition coefficient (Wildman–Crippen LogP) is 4.01. The Morgan fingerprint density at radius 1 is 1.33 bits per heavy atom. The van der Waals surface area contributed by atoms with E-state index in [0.29, 0.717) is 18.9 Å². The number of carbonyl (C=O) groups excluding carboxylic acids is 1. The summed E-state index contributed by atoms with van der Waals surface area (Å²) in [4.78, 5) is 11.7. The van der Waals surface area contributed by atoms with Gasteiger partial charge < -0.3 is 10.6 Å². The van der Waals surface area contributed by atoms with E-state index in [4.69, 9.17) is 11.6 Å². The van der Waals surface area contributed by atoms with E-state index in [1.165, 1.54) is 0 Å². The number of carbonyl (C=O) groups is 1. The van der Waals surface area contributed by atoms with E-state index < -0.39 is 52.1 Å². The van der Waals surface area contributed by atoms with Gasteiger partial charge in [-0.3, -0.25) is 0 Å². The second-order valence-electron chi connectivity index (χ2n) is 5.58. The molecule has 2 N–H and O–H groups in total. The van der Waals surface area contributed by atoms with Crippen LogP contribution in [0, 0.1) is 29.4 Å². The fourth-order valence-electron chi connectivity index (χ4n) is 2.41. The van der Waals surface area contributed by atoms with Gasteiger partial charge in [0.1, 0.15) is 5.82 Å². The minimum absolute atomic E-state index is 0.212. The highest BCUT2D eigenvalue weighted by Gasteiger charge is 2.60. The molecule has 24 heavy (non-hydrogen) atoms. The molecule has 1 unspecified atom stereocenters. The van der Waals surface area contributed by atoms with Crippen LogP contribution in [0.3, 0.4) is 0 Å². The van der Waals surface area contributed by atoms with Gasteiger partial charge in [0.25, 0.3) is 0 Å². The molecule has 3 rings (SSSR count). The third-order valence-corrected chi connectivity index (χ3v) is 4.12. The minimum Gasteiger partial charge on any atom is -0.310 e. The summed E-state index contributed by atoms with van der Waals surface area (Å²) in [5.74, 6) is 1.04. The molecule has 3 nitrogen and oxygen atoms in total. The number of anilines is 1. The summed E-state index contributed by atoms with van der Waals surface area (Å²) in [5, 5.41) is 3.63. The lowest BCUT2D eigenvalue weighted by Crippen LogP contribution is -2.59. The molecule has 1 aliphatic carbocycles. The van der Waals surface area contributed by atoms with Crippen LogP contribution >= 0.6 is 11.6 Å². The number of hydrogen-bond donors (Lipinski definition) is 2. The monoisotopic (exact) mass is 364 g/mol. The standard InChI is InChI=1S/C15H10ClF5N2O/c16-6-8-10(17)5-9-12(11(8)18)22-13(24)23-14(9,15(19,20)21)4-3-7-1-2-7/h5,7H,1-2,6H2,(H2,22,23,24). The molecule has 128 valence electrons. The molecule has 2 amide bonds. The van der Waals surface area contributed by atoms with Gasteiger partial charge in [-0.1, -0.05) is 11.8 Å². The smallest absolute Gasteiger partial charge is 0.310 e. The quantitative estimate of drug-likeness (QED) is 0.441. The molecule has 1 aromatic carbocycles. The van der Waals surface area contributed by atoms with Crippen LogP contribution in [0.4, 0.5) is 32.4 Å². The molecule has 0 bridgehead atoms. The van der Waals surface area contributed by atoms with Crippen LogP contribution in [-0.4, -0.2) is 12.2 Å². The molecular weight excluding hydrogens is 355 g/mol. The fourth-order valence-corrected chi connectivity index (χ4v) is 2.66. The van der Waals surface area contributed by atoms with E-state index in [1.54, 1.807) is 5.32 Å². The highest BCUT2D eigenvalue weighted by molar-refractivity contribution is 6.17. The number of amides is 2. The first-order valence-electron chi connectivity index (χ1n) is 6.95. The Morgan fingerprint density at radius 3 is 2.54 bits per heavy atom. The van der Waals surface area contributed by atoms with Crippen molar-refractivity contribution < 1.29 is 26.7 Å². The van der Waals surface area contributed by atoms with Gasteiger partial charge in [0.2, 0.25) is 5.54 Å². The summed E-state index contributed by atoms with van der Waals surface area (Å²) >= 11 is 5.43. The van der Waals surface area contributed by atoms with Gasteiger partial charge in [-0.15, -0.1) is 11.6 Å². The van der Waals surface area contributed by atoms with Crippen molar-refractivity contribution in [2.24, 2.45) is 5.92 Å². The molecule has 1 aromatic rings.